The van der Waals surface area contributed by atoms with E-state index in [1.54, 1.807) is 6.21 Å². The molecule has 1 aromatic rings. The van der Waals surface area contributed by atoms with Gasteiger partial charge in [-0.15, -0.1) is 5.10 Å². The van der Waals surface area contributed by atoms with E-state index in [9.17, 15) is 9.59 Å². The molecule has 1 fully saturated rings. The monoisotopic (exact) mass is 425 g/mol. The molecule has 25 heavy (non-hydrogen) atoms. The highest BCUT2D eigenvalue weighted by molar-refractivity contribution is 9.09. The number of amides is 1. The average molecular weight is 426 g/mol. The molecule has 0 atom stereocenters. The third kappa shape index (κ3) is 6.35. The number of methoxy groups -OCH3 is 1. The van der Waals surface area contributed by atoms with E-state index in [1.807, 2.05) is 24.3 Å². The van der Waals surface area contributed by atoms with E-state index in [1.165, 1.54) is 7.11 Å². The summed E-state index contributed by atoms with van der Waals surface area (Å²) in [4.78, 5) is 23.1. The van der Waals surface area contributed by atoms with Crippen LogP contribution in [-0.4, -0.2) is 42.3 Å². The van der Waals surface area contributed by atoms with Gasteiger partial charge >= 0.3 is 5.97 Å². The number of hydrogen-bond acceptors (Lipinski definition) is 7. The van der Waals surface area contributed by atoms with Gasteiger partial charge in [0.1, 0.15) is 5.75 Å². The molecule has 0 saturated carbocycles. The van der Waals surface area contributed by atoms with Crippen LogP contribution in [0.5, 0.6) is 5.75 Å². The smallest absolute Gasteiger partial charge is 0.331 e. The van der Waals surface area contributed by atoms with Crippen molar-refractivity contribution in [2.45, 2.75) is 6.42 Å². The Morgan fingerprint density at radius 2 is 2.28 bits per heavy atom. The maximum absolute atomic E-state index is 11.7. The van der Waals surface area contributed by atoms with Crippen LogP contribution in [0.3, 0.4) is 0 Å². The van der Waals surface area contributed by atoms with Crippen LogP contribution in [0.4, 0.5) is 0 Å². The lowest BCUT2D eigenvalue weighted by Crippen LogP contribution is -2.19. The van der Waals surface area contributed by atoms with Crippen molar-refractivity contribution in [1.29, 1.82) is 0 Å². The summed E-state index contributed by atoms with van der Waals surface area (Å²) in [7, 11) is 1.24. The van der Waals surface area contributed by atoms with Crippen LogP contribution in [0.15, 0.2) is 45.4 Å². The van der Waals surface area contributed by atoms with Crippen molar-refractivity contribution < 1.29 is 19.1 Å². The normalized spacial score (nSPS) is 17.3. The fourth-order valence-electron chi connectivity index (χ4n) is 1.72. The largest absolute Gasteiger partial charge is 0.494 e. The second-order valence-corrected chi connectivity index (χ2v) is 6.52. The van der Waals surface area contributed by atoms with Gasteiger partial charge in [-0.25, -0.2) is 4.79 Å². The molecule has 1 aliphatic heterocycles. The van der Waals surface area contributed by atoms with Crippen LogP contribution in [0, 0.1) is 0 Å². The van der Waals surface area contributed by atoms with Crippen LogP contribution in [0.1, 0.15) is 12.0 Å². The molecule has 0 radical (unpaired) electrons. The fraction of sp³-hybridized carbons (Fsp3) is 0.250. The summed E-state index contributed by atoms with van der Waals surface area (Å²) < 4.78 is 10.1. The number of rotatable bonds is 7. The van der Waals surface area contributed by atoms with Gasteiger partial charge in [-0.05, 0) is 35.9 Å². The van der Waals surface area contributed by atoms with E-state index in [2.05, 4.69) is 36.2 Å². The van der Waals surface area contributed by atoms with Gasteiger partial charge in [0.25, 0.3) is 5.91 Å². The number of nitrogens with one attached hydrogen (secondary N) is 1. The number of hydrogen-bond donors (Lipinski definition) is 1. The zero-order valence-corrected chi connectivity index (χ0v) is 15.8. The number of carbonyl (C=O) groups excluding carboxylic acids is 2. The Hall–Kier alpha value is -2.13. The molecule has 7 nitrogen and oxygen atoms in total. The second kappa shape index (κ2) is 10.00. The Morgan fingerprint density at radius 1 is 1.44 bits per heavy atom. The van der Waals surface area contributed by atoms with E-state index >= 15 is 0 Å². The number of thioether (sulfide) groups is 1. The van der Waals surface area contributed by atoms with E-state index in [0.717, 1.165) is 40.9 Å². The molecular formula is C16H16BrN3O4S. The highest BCUT2D eigenvalue weighted by Crippen LogP contribution is 2.23. The summed E-state index contributed by atoms with van der Waals surface area (Å²) in [5.74, 6) is -0.255. The summed E-state index contributed by atoms with van der Waals surface area (Å²) in [6.45, 7) is 0.631. The predicted molar refractivity (Wildman–Crippen MR) is 101 cm³/mol. The molecule has 1 aromatic carbocycles. The summed E-state index contributed by atoms with van der Waals surface area (Å²) in [5, 5.41) is 11.6. The Bertz CT molecular complexity index is 734. The lowest BCUT2D eigenvalue weighted by Gasteiger charge is -2.04. The first-order valence-corrected chi connectivity index (χ1v) is 9.25. The van der Waals surface area contributed by atoms with E-state index in [-0.39, 0.29) is 4.91 Å². The number of nitrogens with zero attached hydrogens (tertiary/aromatic N) is 2. The highest BCUT2D eigenvalue weighted by atomic mass is 79.9. The van der Waals surface area contributed by atoms with Gasteiger partial charge in [0, 0.05) is 11.4 Å². The van der Waals surface area contributed by atoms with Gasteiger partial charge in [-0.2, -0.15) is 5.10 Å². The third-order valence-electron chi connectivity index (χ3n) is 2.86. The quantitative estimate of drug-likeness (QED) is 0.181. The standard InChI is InChI=1S/C16H16BrN3O4S/c1-23-14(21)9-13-15(22)19-16(25-13)20-18-10-11-4-2-5-12(8-11)24-7-3-6-17/h2,4-5,8-10H,3,6-7H2,1H3,(H,19,20,22)/b13-9+,18-10?. The molecule has 0 bridgehead atoms. The Labute approximate surface area is 157 Å². The van der Waals surface area contributed by atoms with Crippen molar-refractivity contribution in [2.24, 2.45) is 10.2 Å². The lowest BCUT2D eigenvalue weighted by atomic mass is 10.2. The Balaban J connectivity index is 1.97. The molecule has 1 aliphatic rings. The molecule has 132 valence electrons. The molecule has 2 rings (SSSR count). The molecule has 1 amide bonds. The SMILES string of the molecule is COC(=O)/C=C1/S/C(=N\N=Cc2cccc(OCCCBr)c2)NC1=O. The molecular weight excluding hydrogens is 410 g/mol. The first-order valence-electron chi connectivity index (χ1n) is 7.31. The number of halogens is 1. The van der Waals surface area contributed by atoms with Gasteiger partial charge in [-0.1, -0.05) is 28.1 Å². The molecule has 0 aliphatic carbocycles. The average Bonchev–Trinajstić information content (AvgIpc) is 2.95. The summed E-state index contributed by atoms with van der Waals surface area (Å²) >= 11 is 4.37. The van der Waals surface area contributed by atoms with Crippen molar-refractivity contribution in [2.75, 3.05) is 19.0 Å². The number of carbonyl (C=O) groups is 2. The first-order chi connectivity index (χ1) is 12.1. The number of amidine groups is 1. The minimum atomic E-state index is -0.598. The first kappa shape index (κ1) is 19.2. The lowest BCUT2D eigenvalue weighted by molar-refractivity contribution is -0.135. The second-order valence-electron chi connectivity index (χ2n) is 4.70. The predicted octanol–water partition coefficient (Wildman–Crippen LogP) is 2.46. The van der Waals surface area contributed by atoms with Crippen LogP contribution in [0.2, 0.25) is 0 Å². The molecule has 1 heterocycles. The summed E-state index contributed by atoms with van der Waals surface area (Å²) in [6, 6.07) is 7.44. The zero-order valence-electron chi connectivity index (χ0n) is 13.4. The number of ether oxygens (including phenoxy) is 2. The minimum absolute atomic E-state index is 0.211. The van der Waals surface area contributed by atoms with Gasteiger partial charge in [0.05, 0.1) is 24.8 Å². The van der Waals surface area contributed by atoms with Crippen molar-refractivity contribution in [3.63, 3.8) is 0 Å². The Morgan fingerprint density at radius 3 is 3.04 bits per heavy atom. The maximum Gasteiger partial charge on any atom is 0.331 e. The van der Waals surface area contributed by atoms with Gasteiger partial charge in [-0.3, -0.25) is 10.1 Å². The third-order valence-corrected chi connectivity index (χ3v) is 4.32. The summed E-state index contributed by atoms with van der Waals surface area (Å²) in [6.07, 6.45) is 3.59. The highest BCUT2D eigenvalue weighted by Gasteiger charge is 2.24. The fourth-order valence-corrected chi connectivity index (χ4v) is 2.69. The number of benzene rings is 1. The van der Waals surface area contributed by atoms with Gasteiger partial charge in [0.2, 0.25) is 0 Å². The zero-order chi connectivity index (χ0) is 18.1. The van der Waals surface area contributed by atoms with E-state index in [4.69, 9.17) is 4.74 Å². The van der Waals surface area contributed by atoms with Crippen molar-refractivity contribution in [1.82, 2.24) is 5.32 Å². The van der Waals surface area contributed by atoms with E-state index in [0.29, 0.717) is 11.8 Å². The number of alkyl halides is 1. The Kier molecular flexibility index (Phi) is 7.68. The van der Waals surface area contributed by atoms with Crippen LogP contribution in [0.25, 0.3) is 0 Å². The maximum atomic E-state index is 11.7. The van der Waals surface area contributed by atoms with Crippen LogP contribution in [-0.2, 0) is 14.3 Å². The van der Waals surface area contributed by atoms with Gasteiger partial charge < -0.3 is 9.47 Å². The molecule has 0 spiro atoms. The van der Waals surface area contributed by atoms with Crippen LogP contribution >= 0.6 is 27.7 Å². The minimum Gasteiger partial charge on any atom is -0.494 e. The molecule has 1 N–H and O–H groups in total. The molecule has 0 unspecified atom stereocenters. The van der Waals surface area contributed by atoms with Crippen LogP contribution < -0.4 is 10.1 Å². The van der Waals surface area contributed by atoms with Crippen molar-refractivity contribution in [3.05, 3.63) is 40.8 Å². The molecule has 9 heteroatoms. The molecule has 1 saturated heterocycles. The topological polar surface area (TPSA) is 89.3 Å². The van der Waals surface area contributed by atoms with E-state index < -0.39 is 11.9 Å². The van der Waals surface area contributed by atoms with Gasteiger partial charge in [0.15, 0.2) is 5.17 Å². The molecule has 0 aromatic heterocycles. The number of esters is 1. The van der Waals surface area contributed by atoms with Crippen molar-refractivity contribution >= 4 is 51.0 Å². The summed E-state index contributed by atoms with van der Waals surface area (Å²) in [5.41, 5.74) is 0.820. The van der Waals surface area contributed by atoms with Crippen molar-refractivity contribution in [3.8, 4) is 5.75 Å².